The van der Waals surface area contributed by atoms with Gasteiger partial charge < -0.3 is 16.8 Å². The number of nitrogens with two attached hydrogens (primary N) is 2. The van der Waals surface area contributed by atoms with E-state index in [1.165, 1.54) is 18.2 Å². The second kappa shape index (κ2) is 7.37. The lowest BCUT2D eigenvalue weighted by Crippen LogP contribution is -2.17. The van der Waals surface area contributed by atoms with E-state index < -0.39 is 5.82 Å². The number of carbonyl (C=O) groups excluding carboxylic acids is 1. The summed E-state index contributed by atoms with van der Waals surface area (Å²) in [5, 5.41) is 7.30. The molecule has 5 N–H and O–H groups in total. The maximum absolute atomic E-state index is 13.4. The molecule has 0 spiro atoms. The van der Waals surface area contributed by atoms with E-state index in [1.807, 2.05) is 0 Å². The van der Waals surface area contributed by atoms with E-state index >= 15 is 0 Å². The summed E-state index contributed by atoms with van der Waals surface area (Å²) in [6.07, 6.45) is 4.35. The number of fused-ring (bicyclic) bond motifs is 1. The number of halogens is 2. The van der Waals surface area contributed by atoms with Crippen molar-refractivity contribution in [1.29, 1.82) is 0 Å². The number of aromatic nitrogens is 2. The van der Waals surface area contributed by atoms with Crippen LogP contribution in [-0.2, 0) is 7.05 Å². The average molecular weight is 406 g/mol. The highest BCUT2D eigenvalue weighted by atomic mass is 35.5. The SMILES string of the molecule is Cn1nc(C2CC3CC(CN)CC3C2)c(C(=O)Nc2ccc(F)c(Cl)c2)c1N. The molecule has 1 heterocycles. The Bertz CT molecular complexity index is 900. The van der Waals surface area contributed by atoms with Crippen molar-refractivity contribution in [3.05, 3.63) is 40.3 Å². The maximum atomic E-state index is 13.4. The molecule has 1 aromatic heterocycles. The third kappa shape index (κ3) is 3.37. The topological polar surface area (TPSA) is 99.0 Å². The van der Waals surface area contributed by atoms with Crippen molar-refractivity contribution in [3.63, 3.8) is 0 Å². The zero-order chi connectivity index (χ0) is 20.0. The van der Waals surface area contributed by atoms with E-state index in [0.717, 1.165) is 37.9 Å². The highest BCUT2D eigenvalue weighted by molar-refractivity contribution is 6.31. The Kier molecular flexibility index (Phi) is 5.05. The summed E-state index contributed by atoms with van der Waals surface area (Å²) in [5.41, 5.74) is 13.6. The quantitative estimate of drug-likeness (QED) is 0.724. The van der Waals surface area contributed by atoms with E-state index in [0.29, 0.717) is 34.8 Å². The predicted octanol–water partition coefficient (Wildman–Crippen LogP) is 3.53. The van der Waals surface area contributed by atoms with Crippen LogP contribution in [0.3, 0.4) is 0 Å². The Hall–Kier alpha value is -2.12. The summed E-state index contributed by atoms with van der Waals surface area (Å²) in [7, 11) is 1.74. The number of hydrogen-bond acceptors (Lipinski definition) is 4. The van der Waals surface area contributed by atoms with Gasteiger partial charge in [-0.3, -0.25) is 9.48 Å². The van der Waals surface area contributed by atoms with Gasteiger partial charge >= 0.3 is 0 Å². The highest BCUT2D eigenvalue weighted by Crippen LogP contribution is 2.52. The first kappa shape index (κ1) is 19.2. The molecule has 8 heteroatoms. The lowest BCUT2D eigenvalue weighted by Gasteiger charge is -2.14. The molecule has 0 bridgehead atoms. The van der Waals surface area contributed by atoms with E-state index in [4.69, 9.17) is 23.1 Å². The molecule has 2 aliphatic rings. The van der Waals surface area contributed by atoms with Gasteiger partial charge in [0.05, 0.1) is 10.7 Å². The minimum Gasteiger partial charge on any atom is -0.383 e. The van der Waals surface area contributed by atoms with Crippen LogP contribution in [0.2, 0.25) is 5.02 Å². The van der Waals surface area contributed by atoms with Gasteiger partial charge in [0.2, 0.25) is 0 Å². The fourth-order valence-electron chi connectivity index (χ4n) is 5.00. The number of nitrogens with zero attached hydrogens (tertiary/aromatic N) is 2. The van der Waals surface area contributed by atoms with Crippen LogP contribution in [0.5, 0.6) is 0 Å². The zero-order valence-corrected chi connectivity index (χ0v) is 16.5. The highest BCUT2D eigenvalue weighted by Gasteiger charge is 2.43. The third-order valence-corrected chi connectivity index (χ3v) is 6.65. The van der Waals surface area contributed by atoms with Crippen molar-refractivity contribution in [2.45, 2.75) is 31.6 Å². The number of hydrogen-bond donors (Lipinski definition) is 3. The van der Waals surface area contributed by atoms with Gasteiger partial charge in [0, 0.05) is 18.7 Å². The minimum absolute atomic E-state index is 0.0461. The van der Waals surface area contributed by atoms with Crippen molar-refractivity contribution in [3.8, 4) is 0 Å². The molecule has 6 nitrogen and oxygen atoms in total. The van der Waals surface area contributed by atoms with Gasteiger partial charge in [-0.2, -0.15) is 5.10 Å². The molecule has 2 aliphatic carbocycles. The van der Waals surface area contributed by atoms with Crippen LogP contribution in [0.1, 0.15) is 47.7 Å². The Balaban J connectivity index is 1.57. The fourth-order valence-corrected chi connectivity index (χ4v) is 5.18. The minimum atomic E-state index is -0.533. The van der Waals surface area contributed by atoms with E-state index in [9.17, 15) is 9.18 Å². The first-order chi connectivity index (χ1) is 13.4. The Morgan fingerprint density at radius 3 is 2.61 bits per heavy atom. The molecule has 2 fully saturated rings. The second-order valence-corrected chi connectivity index (χ2v) is 8.52. The number of carbonyl (C=O) groups is 1. The molecular formula is C20H25ClFN5O. The molecule has 2 aromatic rings. The normalized spacial score (nSPS) is 26.4. The van der Waals surface area contributed by atoms with Crippen LogP contribution in [-0.4, -0.2) is 22.2 Å². The van der Waals surface area contributed by atoms with Crippen LogP contribution in [0.15, 0.2) is 18.2 Å². The zero-order valence-electron chi connectivity index (χ0n) is 15.8. The number of benzene rings is 1. The number of nitrogen functional groups attached to an aromatic ring is 1. The number of amides is 1. The molecular weight excluding hydrogens is 381 g/mol. The van der Waals surface area contributed by atoms with Crippen molar-refractivity contribution < 1.29 is 9.18 Å². The number of rotatable bonds is 4. The van der Waals surface area contributed by atoms with Crippen LogP contribution in [0, 0.1) is 23.6 Å². The third-order valence-electron chi connectivity index (χ3n) is 6.36. The molecule has 2 unspecified atom stereocenters. The van der Waals surface area contributed by atoms with Crippen LogP contribution >= 0.6 is 11.6 Å². The lowest BCUT2D eigenvalue weighted by molar-refractivity contribution is 0.102. The van der Waals surface area contributed by atoms with E-state index in [-0.39, 0.29) is 16.8 Å². The molecule has 28 heavy (non-hydrogen) atoms. The number of aryl methyl sites for hydroxylation is 1. The Labute approximate surface area is 168 Å². The summed E-state index contributed by atoms with van der Waals surface area (Å²) in [4.78, 5) is 13.0. The van der Waals surface area contributed by atoms with Crippen LogP contribution in [0.25, 0.3) is 0 Å². The molecule has 0 aliphatic heterocycles. The predicted molar refractivity (Wildman–Crippen MR) is 108 cm³/mol. The van der Waals surface area contributed by atoms with Crippen molar-refractivity contribution in [1.82, 2.24) is 9.78 Å². The van der Waals surface area contributed by atoms with E-state index in [1.54, 1.807) is 11.7 Å². The summed E-state index contributed by atoms with van der Waals surface area (Å²) in [6, 6.07) is 4.07. The molecule has 150 valence electrons. The van der Waals surface area contributed by atoms with Crippen LogP contribution in [0.4, 0.5) is 15.9 Å². The number of anilines is 2. The van der Waals surface area contributed by atoms with Crippen molar-refractivity contribution in [2.75, 3.05) is 17.6 Å². The monoisotopic (exact) mass is 405 g/mol. The molecule has 4 rings (SSSR count). The molecule has 0 radical (unpaired) electrons. The molecule has 0 saturated heterocycles. The first-order valence-electron chi connectivity index (χ1n) is 9.66. The smallest absolute Gasteiger partial charge is 0.261 e. The van der Waals surface area contributed by atoms with Crippen LogP contribution < -0.4 is 16.8 Å². The van der Waals surface area contributed by atoms with Gasteiger partial charge in [-0.15, -0.1) is 0 Å². The van der Waals surface area contributed by atoms with Gasteiger partial charge in [-0.05, 0) is 68.2 Å². The Morgan fingerprint density at radius 2 is 2.00 bits per heavy atom. The average Bonchev–Trinajstić information content (AvgIpc) is 3.30. The summed E-state index contributed by atoms with van der Waals surface area (Å²) >= 11 is 5.82. The maximum Gasteiger partial charge on any atom is 0.261 e. The molecule has 2 atom stereocenters. The molecule has 1 amide bonds. The lowest BCUT2D eigenvalue weighted by atomic mass is 9.93. The fraction of sp³-hybridized carbons (Fsp3) is 0.500. The first-order valence-corrected chi connectivity index (χ1v) is 10.0. The second-order valence-electron chi connectivity index (χ2n) is 8.11. The summed E-state index contributed by atoms with van der Waals surface area (Å²) in [6.45, 7) is 0.752. The summed E-state index contributed by atoms with van der Waals surface area (Å²) < 4.78 is 14.9. The largest absolute Gasteiger partial charge is 0.383 e. The van der Waals surface area contributed by atoms with E-state index in [2.05, 4.69) is 10.4 Å². The van der Waals surface area contributed by atoms with Crippen molar-refractivity contribution in [2.24, 2.45) is 30.5 Å². The van der Waals surface area contributed by atoms with Gasteiger partial charge in [0.15, 0.2) is 0 Å². The van der Waals surface area contributed by atoms with Gasteiger partial charge in [-0.25, -0.2) is 4.39 Å². The molecule has 1 aromatic carbocycles. The summed E-state index contributed by atoms with van der Waals surface area (Å²) in [5.74, 6) is 1.58. The van der Waals surface area contributed by atoms with Gasteiger partial charge in [-0.1, -0.05) is 11.6 Å². The Morgan fingerprint density at radius 1 is 1.32 bits per heavy atom. The van der Waals surface area contributed by atoms with Crippen molar-refractivity contribution >= 4 is 29.0 Å². The number of nitrogens with one attached hydrogen (secondary N) is 1. The molecule has 2 saturated carbocycles. The van der Waals surface area contributed by atoms with Gasteiger partial charge in [0.1, 0.15) is 17.2 Å². The standard InChI is InChI=1S/C20H25ClFN5O/c1-27-19(24)17(20(28)25-14-2-3-16(22)15(21)8-14)18(26-27)13-6-11-4-10(9-23)5-12(11)7-13/h2-3,8,10-13H,4-7,9,23-24H2,1H3,(H,25,28). The van der Waals surface area contributed by atoms with Gasteiger partial charge in [0.25, 0.3) is 5.91 Å².